The lowest BCUT2D eigenvalue weighted by atomic mass is 9.96. The minimum absolute atomic E-state index is 0.00912. The van der Waals surface area contributed by atoms with Gasteiger partial charge in [0.1, 0.15) is 0 Å². The molecule has 0 N–H and O–H groups in total. The number of amides is 1. The standard InChI is InChI=1S/C25H32N4O2/c1-5-19(20-9-7-6-8-10-20)11-12-28-13-21-15-29(16-22(21)14-28)24(30)23-17(2)26-25(31)27(4)18(23)3/h5-10,19,21-22H,1,11-16H2,2-4H3/t19-,21?,22?/m1/s1. The average molecular weight is 421 g/mol. The summed E-state index contributed by atoms with van der Waals surface area (Å²) in [7, 11) is 1.67. The molecular weight excluding hydrogens is 388 g/mol. The van der Waals surface area contributed by atoms with Gasteiger partial charge in [0.15, 0.2) is 0 Å². The van der Waals surface area contributed by atoms with Gasteiger partial charge in [0.25, 0.3) is 5.91 Å². The third-order valence-corrected chi connectivity index (χ3v) is 7.11. The molecular formula is C25H32N4O2. The molecule has 6 nitrogen and oxygen atoms in total. The summed E-state index contributed by atoms with van der Waals surface area (Å²) >= 11 is 0. The fourth-order valence-corrected chi connectivity index (χ4v) is 5.20. The van der Waals surface area contributed by atoms with Crippen LogP contribution in [0.4, 0.5) is 0 Å². The Bertz CT molecular complexity index is 1020. The Labute approximate surface area is 184 Å². The number of carbonyl (C=O) groups is 1. The molecule has 2 aliphatic heterocycles. The SMILES string of the molecule is C=C[C@H](CCN1CC2CN(C(=O)c3c(C)nc(=O)n(C)c3C)CC2C1)c1ccccc1. The highest BCUT2D eigenvalue weighted by Gasteiger charge is 2.42. The number of rotatable bonds is 6. The molecule has 3 atom stereocenters. The fourth-order valence-electron chi connectivity index (χ4n) is 5.20. The number of likely N-dealkylation sites (tertiary alicyclic amines) is 2. The molecule has 4 rings (SSSR count). The highest BCUT2D eigenvalue weighted by Crippen LogP contribution is 2.33. The maximum absolute atomic E-state index is 13.2. The molecule has 6 heteroatoms. The lowest BCUT2D eigenvalue weighted by molar-refractivity contribution is 0.0770. The Morgan fingerprint density at radius 1 is 1.16 bits per heavy atom. The minimum Gasteiger partial charge on any atom is -0.338 e. The van der Waals surface area contributed by atoms with Gasteiger partial charge in [-0.15, -0.1) is 6.58 Å². The van der Waals surface area contributed by atoms with E-state index in [-0.39, 0.29) is 11.6 Å². The Hall–Kier alpha value is -2.73. The molecule has 1 aromatic carbocycles. The van der Waals surface area contributed by atoms with Gasteiger partial charge in [-0.25, -0.2) is 4.79 Å². The maximum Gasteiger partial charge on any atom is 0.347 e. The number of hydrogen-bond acceptors (Lipinski definition) is 4. The second kappa shape index (κ2) is 8.79. The van der Waals surface area contributed by atoms with Gasteiger partial charge in [-0.2, -0.15) is 4.98 Å². The predicted octanol–water partition coefficient (Wildman–Crippen LogP) is 2.76. The Balaban J connectivity index is 1.35. The molecule has 164 valence electrons. The third kappa shape index (κ3) is 4.22. The van der Waals surface area contributed by atoms with Crippen LogP contribution in [0.25, 0.3) is 0 Å². The number of carbonyl (C=O) groups excluding carboxylic acids is 1. The monoisotopic (exact) mass is 420 g/mol. The van der Waals surface area contributed by atoms with Crippen molar-refractivity contribution in [1.82, 2.24) is 19.4 Å². The van der Waals surface area contributed by atoms with Crippen molar-refractivity contribution in [3.8, 4) is 0 Å². The summed E-state index contributed by atoms with van der Waals surface area (Å²) in [6, 6.07) is 10.6. The summed E-state index contributed by atoms with van der Waals surface area (Å²) in [6.07, 6.45) is 3.12. The summed E-state index contributed by atoms with van der Waals surface area (Å²) in [4.78, 5) is 33.6. The molecule has 0 saturated carbocycles. The molecule has 2 aliphatic rings. The van der Waals surface area contributed by atoms with Crippen LogP contribution in [-0.4, -0.2) is 58.0 Å². The topological polar surface area (TPSA) is 58.4 Å². The molecule has 0 bridgehead atoms. The van der Waals surface area contributed by atoms with E-state index in [2.05, 4.69) is 46.8 Å². The Kier molecular flexibility index (Phi) is 6.10. The van der Waals surface area contributed by atoms with Crippen LogP contribution >= 0.6 is 0 Å². The van der Waals surface area contributed by atoms with E-state index in [9.17, 15) is 9.59 Å². The van der Waals surface area contributed by atoms with E-state index in [0.717, 1.165) is 39.1 Å². The van der Waals surface area contributed by atoms with Crippen molar-refractivity contribution in [2.75, 3.05) is 32.7 Å². The molecule has 2 fully saturated rings. The van der Waals surface area contributed by atoms with E-state index in [1.165, 1.54) is 10.1 Å². The van der Waals surface area contributed by atoms with E-state index in [4.69, 9.17) is 0 Å². The van der Waals surface area contributed by atoms with Gasteiger partial charge >= 0.3 is 5.69 Å². The molecule has 2 saturated heterocycles. The molecule has 0 spiro atoms. The molecule has 31 heavy (non-hydrogen) atoms. The maximum atomic E-state index is 13.2. The second-order valence-electron chi connectivity index (χ2n) is 9.03. The molecule has 1 amide bonds. The Morgan fingerprint density at radius 2 is 1.81 bits per heavy atom. The van der Waals surface area contributed by atoms with Gasteiger partial charge in [-0.3, -0.25) is 9.36 Å². The first kappa shape index (κ1) is 21.5. The number of hydrogen-bond donors (Lipinski definition) is 0. The van der Waals surface area contributed by atoms with Crippen molar-refractivity contribution in [2.24, 2.45) is 18.9 Å². The summed E-state index contributed by atoms with van der Waals surface area (Å²) in [6.45, 7) is 12.3. The number of benzene rings is 1. The molecule has 0 radical (unpaired) electrons. The summed E-state index contributed by atoms with van der Waals surface area (Å²) in [5.74, 6) is 1.42. The second-order valence-corrected chi connectivity index (χ2v) is 9.03. The van der Waals surface area contributed by atoms with Crippen LogP contribution in [0.5, 0.6) is 0 Å². The van der Waals surface area contributed by atoms with Crippen LogP contribution in [0, 0.1) is 25.7 Å². The fraction of sp³-hybridized carbons (Fsp3) is 0.480. The lowest BCUT2D eigenvalue weighted by Crippen LogP contribution is -2.36. The van der Waals surface area contributed by atoms with Gasteiger partial charge in [0.05, 0.1) is 11.3 Å². The van der Waals surface area contributed by atoms with Crippen molar-refractivity contribution in [1.29, 1.82) is 0 Å². The van der Waals surface area contributed by atoms with E-state index < -0.39 is 0 Å². The van der Waals surface area contributed by atoms with Crippen LogP contribution < -0.4 is 5.69 Å². The molecule has 0 aliphatic carbocycles. The minimum atomic E-state index is -0.311. The van der Waals surface area contributed by atoms with Crippen molar-refractivity contribution in [3.05, 3.63) is 76.0 Å². The van der Waals surface area contributed by atoms with Gasteiger partial charge in [0.2, 0.25) is 0 Å². The zero-order chi connectivity index (χ0) is 22.1. The van der Waals surface area contributed by atoms with Gasteiger partial charge in [-0.05, 0) is 44.2 Å². The highest BCUT2D eigenvalue weighted by molar-refractivity contribution is 5.96. The first-order valence-corrected chi connectivity index (χ1v) is 11.1. The van der Waals surface area contributed by atoms with E-state index in [1.807, 2.05) is 17.9 Å². The van der Waals surface area contributed by atoms with Crippen LogP contribution in [0.1, 0.15) is 39.6 Å². The van der Waals surface area contributed by atoms with Crippen LogP contribution in [0.3, 0.4) is 0 Å². The zero-order valence-corrected chi connectivity index (χ0v) is 18.8. The summed E-state index contributed by atoms with van der Waals surface area (Å²) in [5, 5.41) is 0. The van der Waals surface area contributed by atoms with Crippen molar-refractivity contribution in [3.63, 3.8) is 0 Å². The third-order valence-electron chi connectivity index (χ3n) is 7.11. The van der Waals surface area contributed by atoms with Crippen molar-refractivity contribution < 1.29 is 4.79 Å². The molecule has 3 heterocycles. The predicted molar refractivity (Wildman–Crippen MR) is 122 cm³/mol. The first-order chi connectivity index (χ1) is 14.9. The number of aromatic nitrogens is 2. The first-order valence-electron chi connectivity index (χ1n) is 11.1. The van der Waals surface area contributed by atoms with Crippen molar-refractivity contribution >= 4 is 5.91 Å². The summed E-state index contributed by atoms with van der Waals surface area (Å²) in [5.41, 5.74) is 2.81. The highest BCUT2D eigenvalue weighted by atomic mass is 16.2. The molecule has 2 aromatic rings. The average Bonchev–Trinajstić information content (AvgIpc) is 3.32. The Morgan fingerprint density at radius 3 is 2.42 bits per heavy atom. The van der Waals surface area contributed by atoms with Gasteiger partial charge < -0.3 is 9.80 Å². The van der Waals surface area contributed by atoms with Gasteiger partial charge in [-0.1, -0.05) is 36.4 Å². The van der Waals surface area contributed by atoms with E-state index in [0.29, 0.717) is 34.7 Å². The van der Waals surface area contributed by atoms with Crippen molar-refractivity contribution in [2.45, 2.75) is 26.2 Å². The van der Waals surface area contributed by atoms with Gasteiger partial charge in [0, 0.05) is 44.8 Å². The van der Waals surface area contributed by atoms with Crippen LogP contribution in [-0.2, 0) is 7.05 Å². The van der Waals surface area contributed by atoms with Crippen LogP contribution in [0.2, 0.25) is 0 Å². The van der Waals surface area contributed by atoms with E-state index in [1.54, 1.807) is 14.0 Å². The lowest BCUT2D eigenvalue weighted by Gasteiger charge is -2.24. The molecule has 1 aromatic heterocycles. The number of nitrogens with zero attached hydrogens (tertiary/aromatic N) is 4. The molecule has 2 unspecified atom stereocenters. The quantitative estimate of drug-likeness (QED) is 0.675. The normalized spacial score (nSPS) is 21.8. The number of aryl methyl sites for hydroxylation is 1. The smallest absolute Gasteiger partial charge is 0.338 e. The number of allylic oxidation sites excluding steroid dienone is 1. The summed E-state index contributed by atoms with van der Waals surface area (Å²) < 4.78 is 1.46. The largest absolute Gasteiger partial charge is 0.347 e. The van der Waals surface area contributed by atoms with E-state index >= 15 is 0 Å². The zero-order valence-electron chi connectivity index (χ0n) is 18.8. The van der Waals surface area contributed by atoms with Crippen LogP contribution in [0.15, 0.2) is 47.8 Å². The number of fused-ring (bicyclic) bond motifs is 1.